The monoisotopic (exact) mass is 847 g/mol. The Balaban J connectivity index is 1.27. The molecule has 324 valence electrons. The maximum atomic E-state index is 13.8. The average molecular weight is 848 g/mol. The molecule has 6 N–H and O–H groups in total. The summed E-state index contributed by atoms with van der Waals surface area (Å²) < 4.78 is 25.8. The first-order valence-corrected chi connectivity index (χ1v) is 20.4. The molecule has 1 saturated heterocycles. The van der Waals surface area contributed by atoms with E-state index in [1.807, 2.05) is 39.8 Å². The van der Waals surface area contributed by atoms with Crippen LogP contribution in [0.2, 0.25) is 0 Å². The number of likely N-dealkylation sites (tertiary alicyclic amines) is 1. The number of amides is 4. The van der Waals surface area contributed by atoms with Gasteiger partial charge in [-0.3, -0.25) is 44.1 Å². The first kappa shape index (κ1) is 41.7. The van der Waals surface area contributed by atoms with Gasteiger partial charge in [0.1, 0.15) is 47.1 Å². The number of carbonyl (C=O) groups is 4. The molecule has 62 heavy (non-hydrogen) atoms. The molecule has 8 rings (SSSR count). The molecular formula is C42H49N13O7. The van der Waals surface area contributed by atoms with Crippen molar-refractivity contribution in [2.45, 2.75) is 72.4 Å². The number of nitrogens with one attached hydrogen (secondary N) is 2. The lowest BCUT2D eigenvalue weighted by molar-refractivity contribution is 0.0758. The molecule has 0 radical (unpaired) electrons. The minimum Gasteiger partial charge on any atom is -0.490 e. The van der Waals surface area contributed by atoms with Crippen LogP contribution < -0.4 is 31.6 Å². The Labute approximate surface area is 355 Å². The molecule has 4 aromatic heterocycles. The molecule has 0 saturated carbocycles. The summed E-state index contributed by atoms with van der Waals surface area (Å²) in [6.07, 6.45) is 4.49. The number of aryl methyl sites for hydroxylation is 4. The standard InChI is InChI=1S/C42H49N13O7/c1-6-54-31(14-23(3)49-54)39(58)47-41-45-29-16-25(37(43)56)18-33-35(29)52(41)11-8-9-12-53-36-30(46-42(53)48-40(59)32-15-24(4)50-55(32)7-2)17-26(38(44)57)19-34(36)62-22-27(21-61-33)51-13-10-28(20-51)60-5/h8-9,14-19,27-28H,6-7,10-13,20-22H2,1-5H3,(H2,43,56)(H2,44,57)(H,45,47,58)(H,46,48,59)/b9-8+/t28-/m0/s1. The zero-order valence-electron chi connectivity index (χ0n) is 35.2. The minimum atomic E-state index is -0.682. The number of carbonyl (C=O) groups excluding carboxylic acids is 4. The van der Waals surface area contributed by atoms with E-state index in [4.69, 9.17) is 35.6 Å². The molecule has 0 bridgehead atoms. The summed E-state index contributed by atoms with van der Waals surface area (Å²) in [6, 6.07) is 9.29. The lowest BCUT2D eigenvalue weighted by atomic mass is 10.1. The Hall–Kier alpha value is -7.06. The molecule has 0 spiro atoms. The van der Waals surface area contributed by atoms with Gasteiger partial charge >= 0.3 is 0 Å². The van der Waals surface area contributed by atoms with Crippen molar-refractivity contribution in [3.63, 3.8) is 0 Å². The number of ether oxygens (including phenoxy) is 3. The van der Waals surface area contributed by atoms with Crippen LogP contribution in [-0.4, -0.2) is 113 Å². The molecule has 2 aliphatic heterocycles. The van der Waals surface area contributed by atoms with Crippen LogP contribution in [0.15, 0.2) is 48.6 Å². The summed E-state index contributed by atoms with van der Waals surface area (Å²) in [5, 5.41) is 14.8. The van der Waals surface area contributed by atoms with E-state index in [0.29, 0.717) is 82.5 Å². The second-order valence-corrected chi connectivity index (χ2v) is 15.3. The van der Waals surface area contributed by atoms with Crippen LogP contribution in [0.5, 0.6) is 11.5 Å². The van der Waals surface area contributed by atoms with E-state index in [1.54, 1.807) is 62.0 Å². The van der Waals surface area contributed by atoms with Gasteiger partial charge in [-0.2, -0.15) is 10.2 Å². The Kier molecular flexibility index (Phi) is 11.5. The summed E-state index contributed by atoms with van der Waals surface area (Å²) in [5.41, 5.74) is 15.8. The summed E-state index contributed by atoms with van der Waals surface area (Å²) in [6.45, 7) is 10.1. The number of nitrogens with two attached hydrogens (primary N) is 2. The topological polar surface area (TPSA) is 247 Å². The fourth-order valence-corrected chi connectivity index (χ4v) is 8.05. The first-order chi connectivity index (χ1) is 29.8. The highest BCUT2D eigenvalue weighted by Gasteiger charge is 2.31. The molecule has 1 atom stereocenters. The van der Waals surface area contributed by atoms with Gasteiger partial charge in [0, 0.05) is 57.5 Å². The van der Waals surface area contributed by atoms with E-state index in [1.165, 1.54) is 0 Å². The molecule has 0 unspecified atom stereocenters. The first-order valence-electron chi connectivity index (χ1n) is 20.4. The molecule has 20 nitrogen and oxygen atoms in total. The fraction of sp³-hybridized carbons (Fsp3) is 0.381. The lowest BCUT2D eigenvalue weighted by Crippen LogP contribution is -2.43. The van der Waals surface area contributed by atoms with E-state index in [9.17, 15) is 19.2 Å². The van der Waals surface area contributed by atoms with Gasteiger partial charge in [-0.1, -0.05) is 12.2 Å². The fourth-order valence-electron chi connectivity index (χ4n) is 8.05. The lowest BCUT2D eigenvalue weighted by Gasteiger charge is -2.28. The highest BCUT2D eigenvalue weighted by molar-refractivity contribution is 6.05. The maximum absolute atomic E-state index is 13.8. The molecular weight excluding hydrogens is 799 g/mol. The smallest absolute Gasteiger partial charge is 0.276 e. The third kappa shape index (κ3) is 8.08. The van der Waals surface area contributed by atoms with Crippen LogP contribution in [0.1, 0.15) is 73.3 Å². The van der Waals surface area contributed by atoms with Crippen LogP contribution in [0.25, 0.3) is 22.1 Å². The maximum Gasteiger partial charge on any atom is 0.276 e. The number of hydrogen-bond acceptors (Lipinski definition) is 12. The number of primary amides is 2. The van der Waals surface area contributed by atoms with Gasteiger partial charge in [-0.25, -0.2) is 9.97 Å². The van der Waals surface area contributed by atoms with Crippen LogP contribution in [0.3, 0.4) is 0 Å². The van der Waals surface area contributed by atoms with Gasteiger partial charge in [0.2, 0.25) is 23.7 Å². The van der Waals surface area contributed by atoms with Crippen molar-refractivity contribution in [2.24, 2.45) is 11.5 Å². The van der Waals surface area contributed by atoms with E-state index in [2.05, 4.69) is 25.7 Å². The van der Waals surface area contributed by atoms with E-state index in [0.717, 1.165) is 6.42 Å². The minimum absolute atomic E-state index is 0.0201. The summed E-state index contributed by atoms with van der Waals surface area (Å²) in [4.78, 5) is 64.9. The van der Waals surface area contributed by atoms with Crippen LogP contribution in [0, 0.1) is 13.8 Å². The Morgan fingerprint density at radius 1 is 0.742 bits per heavy atom. The van der Waals surface area contributed by atoms with Gasteiger partial charge in [0.25, 0.3) is 11.8 Å². The second kappa shape index (κ2) is 17.1. The van der Waals surface area contributed by atoms with Crippen molar-refractivity contribution in [3.8, 4) is 11.5 Å². The predicted molar refractivity (Wildman–Crippen MR) is 229 cm³/mol. The molecule has 1 fully saturated rings. The number of benzene rings is 2. The molecule has 6 aromatic rings. The van der Waals surface area contributed by atoms with Crippen molar-refractivity contribution < 1.29 is 33.4 Å². The van der Waals surface area contributed by atoms with Crippen molar-refractivity contribution >= 4 is 57.6 Å². The number of methoxy groups -OCH3 is 1. The number of allylic oxidation sites excluding steroid dienone is 2. The summed E-state index contributed by atoms with van der Waals surface area (Å²) in [7, 11) is 1.67. The van der Waals surface area contributed by atoms with Crippen molar-refractivity contribution in [2.75, 3.05) is 44.0 Å². The zero-order chi connectivity index (χ0) is 43.8. The highest BCUT2D eigenvalue weighted by atomic mass is 16.5. The molecule has 6 heterocycles. The number of anilines is 2. The van der Waals surface area contributed by atoms with Gasteiger partial charge in [-0.05, 0) is 70.5 Å². The van der Waals surface area contributed by atoms with Crippen LogP contribution >= 0.6 is 0 Å². The van der Waals surface area contributed by atoms with Crippen LogP contribution in [-0.2, 0) is 30.9 Å². The molecule has 2 aromatic carbocycles. The normalized spacial score (nSPS) is 16.7. The Bertz CT molecular complexity index is 2590. The van der Waals surface area contributed by atoms with Gasteiger partial charge in [-0.15, -0.1) is 0 Å². The van der Waals surface area contributed by atoms with E-state index in [-0.39, 0.29) is 61.5 Å². The van der Waals surface area contributed by atoms with Crippen molar-refractivity contribution in [1.82, 2.24) is 43.6 Å². The van der Waals surface area contributed by atoms with E-state index >= 15 is 0 Å². The number of aromatic nitrogens is 8. The Morgan fingerprint density at radius 2 is 1.21 bits per heavy atom. The second-order valence-electron chi connectivity index (χ2n) is 15.3. The van der Waals surface area contributed by atoms with Gasteiger partial charge in [0.05, 0.1) is 34.6 Å². The molecule has 2 aliphatic rings. The summed E-state index contributed by atoms with van der Waals surface area (Å²) in [5.74, 6) is -1.20. The number of nitrogens with zero attached hydrogens (tertiary/aromatic N) is 9. The Morgan fingerprint density at radius 3 is 1.61 bits per heavy atom. The number of imidazole rings is 2. The zero-order valence-corrected chi connectivity index (χ0v) is 35.2. The van der Waals surface area contributed by atoms with Crippen molar-refractivity contribution in [1.29, 1.82) is 0 Å². The third-order valence-electron chi connectivity index (χ3n) is 11.1. The largest absolute Gasteiger partial charge is 0.490 e. The molecule has 4 amide bonds. The van der Waals surface area contributed by atoms with E-state index < -0.39 is 23.6 Å². The third-order valence-corrected chi connectivity index (χ3v) is 11.1. The predicted octanol–water partition coefficient (Wildman–Crippen LogP) is 3.25. The number of rotatable bonds is 10. The number of hydrogen-bond donors (Lipinski definition) is 4. The van der Waals surface area contributed by atoms with Gasteiger partial charge in [0.15, 0.2) is 0 Å². The van der Waals surface area contributed by atoms with Gasteiger partial charge < -0.3 is 34.8 Å². The van der Waals surface area contributed by atoms with Crippen molar-refractivity contribution in [3.05, 3.63) is 82.5 Å². The highest BCUT2D eigenvalue weighted by Crippen LogP contribution is 2.34. The quantitative estimate of drug-likeness (QED) is 0.145. The average Bonchev–Trinajstić information content (AvgIpc) is 4.08. The van der Waals surface area contributed by atoms with Crippen LogP contribution in [0.4, 0.5) is 11.9 Å². The molecule has 20 heteroatoms. The SMILES string of the molecule is CCn1nc(C)cc1C(=O)Nc1nc2cc(C(N)=O)cc3c2n1C/C=C/Cn1c(NC(=O)c2cc(C)nn2CC)nc2cc(C(N)=O)cc(c21)OCC(N1CC[C@H](OC)C1)CO3. The molecule has 0 aliphatic carbocycles. The summed E-state index contributed by atoms with van der Waals surface area (Å²) >= 11 is 0.